The molecule has 0 spiro atoms. The fraction of sp³-hybridized carbons (Fsp3) is 0.522. The van der Waals surface area contributed by atoms with Crippen molar-refractivity contribution < 1.29 is 18.3 Å². The minimum Gasteiger partial charge on any atom is -0.393 e. The Bertz CT molecular complexity index is 1120. The van der Waals surface area contributed by atoms with Gasteiger partial charge in [-0.1, -0.05) is 19.3 Å². The van der Waals surface area contributed by atoms with Gasteiger partial charge in [-0.25, -0.2) is 23.1 Å². The molecule has 0 atom stereocenters. The third kappa shape index (κ3) is 4.62. The number of halogens is 3. The van der Waals surface area contributed by atoms with E-state index in [1.54, 1.807) is 6.20 Å². The zero-order valence-electron chi connectivity index (χ0n) is 18.2. The van der Waals surface area contributed by atoms with Crippen LogP contribution in [0.2, 0.25) is 0 Å². The van der Waals surface area contributed by atoms with Gasteiger partial charge in [0.25, 0.3) is 0 Å². The molecular formula is C23H27F3N6O. The molecule has 5 rings (SSSR count). The summed E-state index contributed by atoms with van der Waals surface area (Å²) in [6.07, 6.45) is 9.52. The predicted molar refractivity (Wildman–Crippen MR) is 119 cm³/mol. The normalized spacial score (nSPS) is 21.9. The Balaban J connectivity index is 1.54. The molecular weight excluding hydrogens is 433 g/mol. The van der Waals surface area contributed by atoms with E-state index in [4.69, 9.17) is 4.98 Å². The Kier molecular flexibility index (Phi) is 6.09. The van der Waals surface area contributed by atoms with Crippen LogP contribution in [0.1, 0.15) is 63.8 Å². The summed E-state index contributed by atoms with van der Waals surface area (Å²) in [5, 5.41) is 16.1. The van der Waals surface area contributed by atoms with E-state index in [0.717, 1.165) is 12.8 Å². The molecule has 0 saturated heterocycles. The third-order valence-electron chi connectivity index (χ3n) is 6.65. The van der Waals surface area contributed by atoms with Gasteiger partial charge in [0.1, 0.15) is 17.0 Å². The third-order valence-corrected chi connectivity index (χ3v) is 6.65. The average molecular weight is 461 g/mol. The lowest BCUT2D eigenvalue weighted by atomic mass is 9.93. The Hall–Kier alpha value is -2.88. The summed E-state index contributed by atoms with van der Waals surface area (Å²) < 4.78 is 43.9. The molecule has 3 N–H and O–H groups in total. The molecule has 33 heavy (non-hydrogen) atoms. The molecule has 3 aromatic rings. The van der Waals surface area contributed by atoms with E-state index in [9.17, 15) is 18.3 Å². The van der Waals surface area contributed by atoms with Crippen molar-refractivity contribution in [1.29, 1.82) is 0 Å². The smallest absolute Gasteiger partial charge is 0.224 e. The summed E-state index contributed by atoms with van der Waals surface area (Å²) >= 11 is 0. The highest BCUT2D eigenvalue weighted by Crippen LogP contribution is 2.36. The second-order valence-electron chi connectivity index (χ2n) is 9.02. The number of fused-ring (bicyclic) bond motifs is 1. The first-order valence-corrected chi connectivity index (χ1v) is 11.6. The van der Waals surface area contributed by atoms with Gasteiger partial charge in [0.05, 0.1) is 12.3 Å². The lowest BCUT2D eigenvalue weighted by Gasteiger charge is -2.28. The van der Waals surface area contributed by atoms with Gasteiger partial charge in [0.15, 0.2) is 17.3 Å². The van der Waals surface area contributed by atoms with Gasteiger partial charge in [0.2, 0.25) is 11.9 Å². The zero-order valence-corrected chi connectivity index (χ0v) is 18.2. The van der Waals surface area contributed by atoms with E-state index in [1.807, 2.05) is 4.57 Å². The van der Waals surface area contributed by atoms with Crippen LogP contribution in [0.5, 0.6) is 0 Å². The number of aliphatic hydroxyl groups excluding tert-OH is 1. The lowest BCUT2D eigenvalue weighted by molar-refractivity contribution is 0.112. The summed E-state index contributed by atoms with van der Waals surface area (Å²) in [4.78, 5) is 13.6. The van der Waals surface area contributed by atoms with Crippen LogP contribution in [-0.2, 0) is 0 Å². The van der Waals surface area contributed by atoms with Gasteiger partial charge in [-0.2, -0.15) is 4.98 Å². The summed E-state index contributed by atoms with van der Waals surface area (Å²) in [6, 6.07) is 1.50. The van der Waals surface area contributed by atoms with Crippen molar-refractivity contribution in [2.24, 2.45) is 0 Å². The predicted octanol–water partition coefficient (Wildman–Crippen LogP) is 5.21. The highest BCUT2D eigenvalue weighted by molar-refractivity contribution is 5.76. The molecule has 10 heteroatoms. The molecule has 176 valence electrons. The van der Waals surface area contributed by atoms with Gasteiger partial charge >= 0.3 is 0 Å². The number of rotatable bonds is 5. The number of anilines is 3. The molecule has 1 aromatic carbocycles. The Labute approximate surface area is 189 Å². The maximum atomic E-state index is 14.4. The van der Waals surface area contributed by atoms with E-state index >= 15 is 0 Å². The van der Waals surface area contributed by atoms with E-state index in [2.05, 4.69) is 20.6 Å². The molecule has 0 unspecified atom stereocenters. The standard InChI is InChI=1S/C23H27F3N6O/c24-13-10-17(25)20(18(26)11-13)30-23-29-19-12-27-22(28-14-4-2-1-3-5-14)31-21(19)32(23)15-6-8-16(33)9-7-15/h10-12,14-16,33H,1-9H2,(H,29,30)(H,27,28,31). The van der Waals surface area contributed by atoms with E-state index in [0.29, 0.717) is 61.0 Å². The molecule has 0 aliphatic heterocycles. The number of imidazole rings is 1. The Morgan fingerprint density at radius 2 is 1.61 bits per heavy atom. The fourth-order valence-corrected chi connectivity index (χ4v) is 4.91. The van der Waals surface area contributed by atoms with Crippen molar-refractivity contribution in [3.8, 4) is 0 Å². The van der Waals surface area contributed by atoms with Crippen molar-refractivity contribution in [2.75, 3.05) is 10.6 Å². The topological polar surface area (TPSA) is 87.9 Å². The first-order chi connectivity index (χ1) is 16.0. The molecule has 2 aromatic heterocycles. The first kappa shape index (κ1) is 21.9. The molecule has 2 aliphatic rings. The first-order valence-electron chi connectivity index (χ1n) is 11.6. The molecule has 2 saturated carbocycles. The average Bonchev–Trinajstić information content (AvgIpc) is 3.15. The minimum atomic E-state index is -1.05. The van der Waals surface area contributed by atoms with Gasteiger partial charge in [-0.05, 0) is 38.5 Å². The summed E-state index contributed by atoms with van der Waals surface area (Å²) in [7, 11) is 0. The number of hydrogen-bond acceptors (Lipinski definition) is 6. The molecule has 2 heterocycles. The van der Waals surface area contributed by atoms with Crippen molar-refractivity contribution in [1.82, 2.24) is 19.5 Å². The molecule has 0 bridgehead atoms. The second-order valence-corrected chi connectivity index (χ2v) is 9.02. The Morgan fingerprint density at radius 1 is 0.909 bits per heavy atom. The minimum absolute atomic E-state index is 0.0649. The number of nitrogens with zero attached hydrogens (tertiary/aromatic N) is 4. The number of aliphatic hydroxyl groups is 1. The number of hydrogen-bond donors (Lipinski definition) is 3. The summed E-state index contributed by atoms with van der Waals surface area (Å²) in [5.74, 6) is -2.38. The van der Waals surface area contributed by atoms with Crippen molar-refractivity contribution >= 4 is 28.7 Å². The van der Waals surface area contributed by atoms with E-state index in [-0.39, 0.29) is 18.1 Å². The highest BCUT2D eigenvalue weighted by Gasteiger charge is 2.27. The van der Waals surface area contributed by atoms with Crippen molar-refractivity contribution in [2.45, 2.75) is 76.0 Å². The largest absolute Gasteiger partial charge is 0.393 e. The highest BCUT2D eigenvalue weighted by atomic mass is 19.1. The van der Waals surface area contributed by atoms with Crippen LogP contribution in [0.25, 0.3) is 11.2 Å². The quantitative estimate of drug-likeness (QED) is 0.485. The molecule has 0 amide bonds. The van der Waals surface area contributed by atoms with Crippen LogP contribution < -0.4 is 10.6 Å². The van der Waals surface area contributed by atoms with Crippen LogP contribution in [0.4, 0.5) is 30.8 Å². The second kappa shape index (κ2) is 9.17. The number of benzene rings is 1. The lowest BCUT2D eigenvalue weighted by Crippen LogP contribution is -2.24. The van der Waals surface area contributed by atoms with Gasteiger partial charge in [-0.15, -0.1) is 0 Å². The van der Waals surface area contributed by atoms with Gasteiger partial charge in [-0.3, -0.25) is 4.57 Å². The maximum absolute atomic E-state index is 14.4. The zero-order chi connectivity index (χ0) is 22.9. The van der Waals surface area contributed by atoms with Crippen molar-refractivity contribution in [3.63, 3.8) is 0 Å². The maximum Gasteiger partial charge on any atom is 0.224 e. The van der Waals surface area contributed by atoms with E-state index in [1.165, 1.54) is 19.3 Å². The van der Waals surface area contributed by atoms with Crippen LogP contribution in [0.3, 0.4) is 0 Å². The molecule has 2 aliphatic carbocycles. The SMILES string of the molecule is OC1CCC(n2c(Nc3c(F)cc(F)cc3F)nc3cnc(NC4CCCCC4)nc32)CC1. The molecule has 2 fully saturated rings. The van der Waals surface area contributed by atoms with E-state index < -0.39 is 23.1 Å². The summed E-state index contributed by atoms with van der Waals surface area (Å²) in [6.45, 7) is 0. The van der Waals surface area contributed by atoms with Gasteiger partial charge < -0.3 is 15.7 Å². The van der Waals surface area contributed by atoms with Crippen LogP contribution in [0, 0.1) is 17.5 Å². The van der Waals surface area contributed by atoms with Crippen LogP contribution in [0.15, 0.2) is 18.3 Å². The van der Waals surface area contributed by atoms with Crippen molar-refractivity contribution in [3.05, 3.63) is 35.8 Å². The van der Waals surface area contributed by atoms with Crippen LogP contribution in [-0.4, -0.2) is 36.8 Å². The number of aromatic nitrogens is 4. The number of nitrogens with one attached hydrogen (secondary N) is 2. The van der Waals surface area contributed by atoms with Gasteiger partial charge in [0, 0.05) is 24.2 Å². The van der Waals surface area contributed by atoms with Crippen LogP contribution >= 0.6 is 0 Å². The Morgan fingerprint density at radius 3 is 2.30 bits per heavy atom. The molecule has 7 nitrogen and oxygen atoms in total. The monoisotopic (exact) mass is 460 g/mol. The fourth-order valence-electron chi connectivity index (χ4n) is 4.91. The summed E-state index contributed by atoms with van der Waals surface area (Å²) in [5.41, 5.74) is 0.563. The molecule has 0 radical (unpaired) electrons.